The summed E-state index contributed by atoms with van der Waals surface area (Å²) < 4.78 is 11.0. The normalized spacial score (nSPS) is 12.6. The van der Waals surface area contributed by atoms with Crippen molar-refractivity contribution in [2.24, 2.45) is 0 Å². The maximum Gasteiger partial charge on any atom is 0.225 e. The van der Waals surface area contributed by atoms with Gasteiger partial charge in [0.25, 0.3) is 0 Å². The van der Waals surface area contributed by atoms with Crippen molar-refractivity contribution in [3.05, 3.63) is 11.4 Å². The van der Waals surface area contributed by atoms with Crippen molar-refractivity contribution >= 4 is 44.1 Å². The van der Waals surface area contributed by atoms with Crippen LogP contribution in [-0.2, 0) is 10.8 Å². The fraction of sp³-hybridized carbons (Fsp3) is 0.455. The molecule has 2 heterocycles. The van der Waals surface area contributed by atoms with Gasteiger partial charge >= 0.3 is 0 Å². The molecular formula is C11H16N4OS2. The van der Waals surface area contributed by atoms with Crippen LogP contribution < -0.4 is 10.6 Å². The van der Waals surface area contributed by atoms with E-state index in [0.717, 1.165) is 29.0 Å². The van der Waals surface area contributed by atoms with Crippen LogP contribution in [0.2, 0.25) is 0 Å². The zero-order valence-electron chi connectivity index (χ0n) is 10.4. The molecule has 0 saturated heterocycles. The second kappa shape index (κ2) is 6.10. The molecule has 0 saturated carbocycles. The van der Waals surface area contributed by atoms with Crippen LogP contribution in [0.1, 0.15) is 6.42 Å². The van der Waals surface area contributed by atoms with E-state index >= 15 is 0 Å². The monoisotopic (exact) mass is 284 g/mol. The smallest absolute Gasteiger partial charge is 0.225 e. The molecule has 7 heteroatoms. The van der Waals surface area contributed by atoms with Gasteiger partial charge in [-0.05, 0) is 17.9 Å². The molecule has 2 N–H and O–H groups in total. The van der Waals surface area contributed by atoms with Crippen molar-refractivity contribution in [2.75, 3.05) is 36.2 Å². The summed E-state index contributed by atoms with van der Waals surface area (Å²) in [5, 5.41) is 9.28. The Hall–Kier alpha value is -1.21. The largest absolute Gasteiger partial charge is 0.369 e. The lowest BCUT2D eigenvalue weighted by Gasteiger charge is -2.08. The lowest BCUT2D eigenvalue weighted by Crippen LogP contribution is -2.08. The molecule has 0 aromatic carbocycles. The van der Waals surface area contributed by atoms with Crippen LogP contribution in [-0.4, -0.2) is 39.8 Å². The first-order chi connectivity index (χ1) is 8.70. The highest BCUT2D eigenvalue weighted by Gasteiger charge is 2.07. The van der Waals surface area contributed by atoms with Gasteiger partial charge in [0.1, 0.15) is 10.6 Å². The van der Waals surface area contributed by atoms with Gasteiger partial charge in [-0.1, -0.05) is 0 Å². The number of fused-ring (bicyclic) bond motifs is 1. The topological polar surface area (TPSA) is 66.9 Å². The minimum Gasteiger partial charge on any atom is -0.369 e. The fourth-order valence-electron chi connectivity index (χ4n) is 1.58. The van der Waals surface area contributed by atoms with Gasteiger partial charge < -0.3 is 10.6 Å². The maximum absolute atomic E-state index is 11.0. The number of hydrogen-bond donors (Lipinski definition) is 2. The third kappa shape index (κ3) is 3.17. The molecule has 0 radical (unpaired) electrons. The fourth-order valence-corrected chi connectivity index (χ4v) is 2.90. The Morgan fingerprint density at radius 2 is 2.28 bits per heavy atom. The molecule has 2 aromatic rings. The van der Waals surface area contributed by atoms with E-state index in [2.05, 4.69) is 20.6 Å². The number of nitrogens with zero attached hydrogens (tertiary/aromatic N) is 2. The summed E-state index contributed by atoms with van der Waals surface area (Å²) in [5.41, 5.74) is 0. The summed E-state index contributed by atoms with van der Waals surface area (Å²) in [6.45, 7) is 0.769. The van der Waals surface area contributed by atoms with Gasteiger partial charge in [0.15, 0.2) is 0 Å². The summed E-state index contributed by atoms with van der Waals surface area (Å²) in [4.78, 5) is 9.75. The van der Waals surface area contributed by atoms with Gasteiger partial charge in [-0.2, -0.15) is 4.98 Å². The third-order valence-electron chi connectivity index (χ3n) is 2.45. The Kier molecular flexibility index (Phi) is 4.48. The van der Waals surface area contributed by atoms with Gasteiger partial charge in [-0.25, -0.2) is 4.98 Å². The Morgan fingerprint density at radius 1 is 1.44 bits per heavy atom. The third-order valence-corrected chi connectivity index (χ3v) is 4.12. The van der Waals surface area contributed by atoms with Gasteiger partial charge in [0.2, 0.25) is 5.95 Å². The molecule has 5 nitrogen and oxygen atoms in total. The molecule has 2 aromatic heterocycles. The van der Waals surface area contributed by atoms with E-state index in [-0.39, 0.29) is 0 Å². The van der Waals surface area contributed by atoms with Crippen LogP contribution in [0.5, 0.6) is 0 Å². The van der Waals surface area contributed by atoms with Gasteiger partial charge in [0.05, 0.1) is 5.39 Å². The summed E-state index contributed by atoms with van der Waals surface area (Å²) in [6, 6.07) is 2.01. The number of nitrogens with one attached hydrogen (secondary N) is 2. The van der Waals surface area contributed by atoms with E-state index in [1.165, 1.54) is 0 Å². The predicted octanol–water partition coefficient (Wildman–Crippen LogP) is 1.91. The highest BCUT2D eigenvalue weighted by molar-refractivity contribution is 7.84. The zero-order valence-corrected chi connectivity index (χ0v) is 12.0. The summed E-state index contributed by atoms with van der Waals surface area (Å²) in [6.07, 6.45) is 2.59. The average molecular weight is 284 g/mol. The van der Waals surface area contributed by atoms with E-state index in [9.17, 15) is 4.21 Å². The predicted molar refractivity (Wildman–Crippen MR) is 79.0 cm³/mol. The van der Waals surface area contributed by atoms with E-state index < -0.39 is 10.8 Å². The Labute approximate surface area is 112 Å². The van der Waals surface area contributed by atoms with Gasteiger partial charge in [-0.3, -0.25) is 4.21 Å². The Bertz CT molecular complexity index is 555. The van der Waals surface area contributed by atoms with Crippen LogP contribution >= 0.6 is 11.3 Å². The van der Waals surface area contributed by atoms with Crippen LogP contribution in [0.3, 0.4) is 0 Å². The Morgan fingerprint density at radius 3 is 3.00 bits per heavy atom. The molecule has 0 aliphatic heterocycles. The Balaban J connectivity index is 2.10. The van der Waals surface area contributed by atoms with Crippen molar-refractivity contribution < 1.29 is 4.21 Å². The molecule has 0 amide bonds. The van der Waals surface area contributed by atoms with Crippen molar-refractivity contribution in [3.63, 3.8) is 0 Å². The molecule has 0 aliphatic rings. The molecule has 18 heavy (non-hydrogen) atoms. The number of aromatic nitrogens is 2. The van der Waals surface area contributed by atoms with Crippen molar-refractivity contribution in [2.45, 2.75) is 6.42 Å². The lowest BCUT2D eigenvalue weighted by atomic mass is 10.3. The van der Waals surface area contributed by atoms with E-state index in [1.54, 1.807) is 24.6 Å². The summed E-state index contributed by atoms with van der Waals surface area (Å²) in [5.74, 6) is 2.17. The van der Waals surface area contributed by atoms with Crippen LogP contribution in [0, 0.1) is 0 Å². The van der Waals surface area contributed by atoms with Crippen molar-refractivity contribution in [3.8, 4) is 0 Å². The molecule has 0 bridgehead atoms. The van der Waals surface area contributed by atoms with Gasteiger partial charge in [0, 0.05) is 36.4 Å². The van der Waals surface area contributed by atoms with Crippen LogP contribution in [0.15, 0.2) is 11.4 Å². The second-order valence-electron chi connectivity index (χ2n) is 3.84. The molecule has 1 atom stereocenters. The molecule has 1 unspecified atom stereocenters. The first-order valence-corrected chi connectivity index (χ1v) is 8.28. The second-order valence-corrected chi connectivity index (χ2v) is 6.29. The van der Waals surface area contributed by atoms with E-state index in [4.69, 9.17) is 0 Å². The number of hydrogen-bond acceptors (Lipinski definition) is 6. The van der Waals surface area contributed by atoms with E-state index in [0.29, 0.717) is 11.7 Å². The minimum atomic E-state index is -0.732. The molecule has 0 spiro atoms. The number of anilines is 2. The maximum atomic E-state index is 11.0. The minimum absolute atomic E-state index is 0.617. The first kappa shape index (κ1) is 13.2. The molecular weight excluding hydrogens is 268 g/mol. The highest BCUT2D eigenvalue weighted by Crippen LogP contribution is 2.26. The standard InChI is InChI=1S/C11H16N4OS2/c1-12-11-14-9(13-5-3-7-18(2)16)8-4-6-17-10(8)15-11/h4,6H,3,5,7H2,1-2H3,(H2,12,13,14,15). The molecule has 0 aliphatic carbocycles. The summed E-state index contributed by atoms with van der Waals surface area (Å²) >= 11 is 1.60. The van der Waals surface area contributed by atoms with E-state index in [1.807, 2.05) is 11.4 Å². The average Bonchev–Trinajstić information content (AvgIpc) is 2.82. The van der Waals surface area contributed by atoms with Gasteiger partial charge in [-0.15, -0.1) is 11.3 Å². The SMILES string of the molecule is CNc1nc(NCCCS(C)=O)c2ccsc2n1. The number of thiophene rings is 1. The molecule has 0 fully saturated rings. The quantitative estimate of drug-likeness (QED) is 0.793. The highest BCUT2D eigenvalue weighted by atomic mass is 32.2. The van der Waals surface area contributed by atoms with Crippen LogP contribution in [0.4, 0.5) is 11.8 Å². The van der Waals surface area contributed by atoms with Crippen LogP contribution in [0.25, 0.3) is 10.2 Å². The van der Waals surface area contributed by atoms with Crippen molar-refractivity contribution in [1.29, 1.82) is 0 Å². The zero-order chi connectivity index (χ0) is 13.0. The number of rotatable bonds is 6. The first-order valence-electron chi connectivity index (χ1n) is 5.67. The molecule has 2 rings (SSSR count). The lowest BCUT2D eigenvalue weighted by molar-refractivity contribution is 0.685. The molecule has 98 valence electrons. The van der Waals surface area contributed by atoms with Crippen molar-refractivity contribution in [1.82, 2.24) is 9.97 Å². The summed E-state index contributed by atoms with van der Waals surface area (Å²) in [7, 11) is 1.07.